The zero-order valence-electron chi connectivity index (χ0n) is 13.3. The minimum Gasteiger partial charge on any atom is -0.544 e. The van der Waals surface area contributed by atoms with E-state index in [0.717, 1.165) is 11.3 Å². The summed E-state index contributed by atoms with van der Waals surface area (Å²) in [6.45, 7) is 11.1. The van der Waals surface area contributed by atoms with E-state index in [0.29, 0.717) is 5.01 Å². The van der Waals surface area contributed by atoms with E-state index in [2.05, 4.69) is 38.8 Å². The van der Waals surface area contributed by atoms with E-state index in [-0.39, 0.29) is 5.04 Å². The molecule has 1 N–H and O–H groups in total. The Balaban J connectivity index is 2.13. The summed E-state index contributed by atoms with van der Waals surface area (Å²) in [5.74, 6) is 0.872. The van der Waals surface area contributed by atoms with Gasteiger partial charge in [-0.25, -0.2) is 4.98 Å². The summed E-state index contributed by atoms with van der Waals surface area (Å²) in [6, 6.07) is 7.70. The lowest BCUT2D eigenvalue weighted by molar-refractivity contribution is 0.219. The molecule has 0 radical (unpaired) electrons. The molecule has 114 valence electrons. The van der Waals surface area contributed by atoms with Crippen molar-refractivity contribution < 1.29 is 9.53 Å². The molecule has 0 fully saturated rings. The Labute approximate surface area is 131 Å². The number of nitrogens with zero attached hydrogens (tertiary/aromatic N) is 1. The van der Waals surface area contributed by atoms with Crippen LogP contribution in [0.1, 0.15) is 37.4 Å². The molecule has 1 aromatic heterocycles. The van der Waals surface area contributed by atoms with Crippen LogP contribution in [0.5, 0.6) is 5.75 Å². The summed E-state index contributed by atoms with van der Waals surface area (Å²) >= 11 is 1.46. The van der Waals surface area contributed by atoms with Crippen molar-refractivity contribution in [2.24, 2.45) is 0 Å². The van der Waals surface area contributed by atoms with Gasteiger partial charge < -0.3 is 9.53 Å². The number of rotatable bonds is 4. The summed E-state index contributed by atoms with van der Waals surface area (Å²) in [6.07, 6.45) is 1.05. The highest BCUT2D eigenvalue weighted by Crippen LogP contribution is 2.37. The Morgan fingerprint density at radius 1 is 1.19 bits per heavy atom. The highest BCUT2D eigenvalue weighted by atomic mass is 32.1. The number of aromatic nitrogens is 1. The zero-order chi connectivity index (χ0) is 15.7. The SMILES string of the molecule is CC(C)(C)[Si](C)(C)Oc1ccc(C(O)c2nccs2)cc1. The summed E-state index contributed by atoms with van der Waals surface area (Å²) < 4.78 is 6.24. The molecule has 0 aliphatic heterocycles. The van der Waals surface area contributed by atoms with Crippen molar-refractivity contribution in [2.45, 2.75) is 45.0 Å². The summed E-state index contributed by atoms with van der Waals surface area (Å²) in [5.41, 5.74) is 0.840. The van der Waals surface area contributed by atoms with Crippen molar-refractivity contribution in [3.05, 3.63) is 46.4 Å². The highest BCUT2D eigenvalue weighted by molar-refractivity contribution is 7.09. The van der Waals surface area contributed by atoms with Crippen LogP contribution in [0.25, 0.3) is 0 Å². The lowest BCUT2D eigenvalue weighted by Crippen LogP contribution is -2.43. The van der Waals surface area contributed by atoms with Gasteiger partial charge in [0.25, 0.3) is 0 Å². The fourth-order valence-electron chi connectivity index (χ4n) is 1.68. The molecule has 0 bridgehead atoms. The lowest BCUT2D eigenvalue weighted by Gasteiger charge is -2.36. The van der Waals surface area contributed by atoms with Crippen molar-refractivity contribution in [2.75, 3.05) is 0 Å². The molecular weight excluding hydrogens is 298 g/mol. The third-order valence-corrected chi connectivity index (χ3v) is 9.25. The molecule has 5 heteroatoms. The Kier molecular flexibility index (Phi) is 4.56. The van der Waals surface area contributed by atoms with Crippen LogP contribution < -0.4 is 4.43 Å². The Bertz CT molecular complexity index is 573. The molecule has 0 aliphatic rings. The second kappa shape index (κ2) is 5.91. The van der Waals surface area contributed by atoms with Crippen LogP contribution in [0.2, 0.25) is 18.1 Å². The number of hydrogen-bond acceptors (Lipinski definition) is 4. The molecule has 1 heterocycles. The third-order valence-electron chi connectivity index (χ3n) is 4.06. The van der Waals surface area contributed by atoms with Crippen molar-refractivity contribution >= 4 is 19.7 Å². The standard InChI is InChI=1S/C16H23NO2SSi/c1-16(2,3)21(4,5)19-13-8-6-12(7-9-13)14(18)15-17-10-11-20-15/h6-11,14,18H,1-5H3. The molecule has 1 atom stereocenters. The molecule has 1 aromatic carbocycles. The van der Waals surface area contributed by atoms with Crippen LogP contribution in [0, 0.1) is 0 Å². The van der Waals surface area contributed by atoms with Gasteiger partial charge in [-0.15, -0.1) is 11.3 Å². The maximum atomic E-state index is 10.2. The van der Waals surface area contributed by atoms with E-state index in [4.69, 9.17) is 4.43 Å². The number of aliphatic hydroxyl groups is 1. The molecule has 0 aliphatic carbocycles. The summed E-state index contributed by atoms with van der Waals surface area (Å²) in [5, 5.41) is 13.0. The van der Waals surface area contributed by atoms with Crippen LogP contribution in [-0.2, 0) is 0 Å². The molecule has 1 unspecified atom stereocenters. The van der Waals surface area contributed by atoms with Crippen molar-refractivity contribution in [1.29, 1.82) is 0 Å². The third kappa shape index (κ3) is 3.73. The van der Waals surface area contributed by atoms with Gasteiger partial charge in [-0.3, -0.25) is 0 Å². The predicted molar refractivity (Wildman–Crippen MR) is 90.4 cm³/mol. The average Bonchev–Trinajstić information content (AvgIpc) is 2.91. The van der Waals surface area contributed by atoms with Gasteiger partial charge in [0.1, 0.15) is 16.9 Å². The fourth-order valence-corrected chi connectivity index (χ4v) is 3.36. The molecular formula is C16H23NO2SSi. The van der Waals surface area contributed by atoms with Gasteiger partial charge in [-0.05, 0) is 35.8 Å². The van der Waals surface area contributed by atoms with E-state index in [1.807, 2.05) is 29.6 Å². The second-order valence-corrected chi connectivity index (χ2v) is 12.4. The van der Waals surface area contributed by atoms with E-state index >= 15 is 0 Å². The Morgan fingerprint density at radius 3 is 2.29 bits per heavy atom. The number of thiazole rings is 1. The van der Waals surface area contributed by atoms with Crippen molar-refractivity contribution in [3.8, 4) is 5.75 Å². The maximum Gasteiger partial charge on any atom is 0.250 e. The molecule has 2 rings (SSSR count). The predicted octanol–water partition coefficient (Wildman–Crippen LogP) is 4.61. The van der Waals surface area contributed by atoms with Gasteiger partial charge in [0.05, 0.1) is 0 Å². The van der Waals surface area contributed by atoms with E-state index in [9.17, 15) is 5.11 Å². The summed E-state index contributed by atoms with van der Waals surface area (Å²) in [4.78, 5) is 4.15. The first-order valence-corrected chi connectivity index (χ1v) is 10.9. The number of aliphatic hydroxyl groups excluding tert-OH is 1. The van der Waals surface area contributed by atoms with Crippen LogP contribution in [0.3, 0.4) is 0 Å². The second-order valence-electron chi connectivity index (χ2n) is 6.70. The van der Waals surface area contributed by atoms with Gasteiger partial charge in [0.15, 0.2) is 0 Å². The van der Waals surface area contributed by atoms with Crippen LogP contribution in [0.4, 0.5) is 0 Å². The first-order valence-electron chi connectivity index (χ1n) is 7.07. The van der Waals surface area contributed by atoms with Gasteiger partial charge >= 0.3 is 0 Å². The van der Waals surface area contributed by atoms with E-state index in [1.54, 1.807) is 6.20 Å². The first kappa shape index (κ1) is 16.2. The van der Waals surface area contributed by atoms with Gasteiger partial charge in [-0.2, -0.15) is 0 Å². The monoisotopic (exact) mass is 321 g/mol. The molecule has 2 aromatic rings. The Morgan fingerprint density at radius 2 is 1.81 bits per heavy atom. The fraction of sp³-hybridized carbons (Fsp3) is 0.438. The van der Waals surface area contributed by atoms with Crippen LogP contribution in [-0.4, -0.2) is 18.4 Å². The van der Waals surface area contributed by atoms with Crippen molar-refractivity contribution in [3.63, 3.8) is 0 Å². The van der Waals surface area contributed by atoms with Gasteiger partial charge in [-0.1, -0.05) is 32.9 Å². The van der Waals surface area contributed by atoms with E-state index < -0.39 is 14.4 Å². The van der Waals surface area contributed by atoms with Gasteiger partial charge in [0.2, 0.25) is 8.32 Å². The minimum absolute atomic E-state index is 0.173. The lowest BCUT2D eigenvalue weighted by atomic mass is 10.1. The summed E-state index contributed by atoms with van der Waals surface area (Å²) in [7, 11) is -1.82. The number of hydrogen-bond donors (Lipinski definition) is 1. The Hall–Kier alpha value is -1.17. The average molecular weight is 322 g/mol. The van der Waals surface area contributed by atoms with Crippen LogP contribution in [0.15, 0.2) is 35.8 Å². The van der Waals surface area contributed by atoms with Crippen molar-refractivity contribution in [1.82, 2.24) is 4.98 Å². The maximum absolute atomic E-state index is 10.2. The normalized spacial score (nSPS) is 14.0. The smallest absolute Gasteiger partial charge is 0.250 e. The first-order chi connectivity index (χ1) is 9.71. The topological polar surface area (TPSA) is 42.4 Å². The highest BCUT2D eigenvalue weighted by Gasteiger charge is 2.38. The van der Waals surface area contributed by atoms with E-state index in [1.165, 1.54) is 11.3 Å². The quantitative estimate of drug-likeness (QED) is 0.836. The largest absolute Gasteiger partial charge is 0.544 e. The molecule has 0 spiro atoms. The molecule has 21 heavy (non-hydrogen) atoms. The zero-order valence-corrected chi connectivity index (χ0v) is 15.1. The minimum atomic E-state index is -1.82. The molecule has 0 saturated carbocycles. The molecule has 0 amide bonds. The number of benzene rings is 1. The van der Waals surface area contributed by atoms with Gasteiger partial charge in [0, 0.05) is 11.6 Å². The molecule has 0 saturated heterocycles. The molecule has 3 nitrogen and oxygen atoms in total. The van der Waals surface area contributed by atoms with Crippen LogP contribution >= 0.6 is 11.3 Å².